The molecule has 4 atom stereocenters. The molecule has 2 saturated carbocycles. The predicted molar refractivity (Wildman–Crippen MR) is 51.3 cm³/mol. The maximum Gasteiger partial charge on any atom is 0.0623 e. The smallest absolute Gasteiger partial charge is 0.0623 e. The fraction of sp³-hybridized carbons (Fsp3) is 1.00. The summed E-state index contributed by atoms with van der Waals surface area (Å²) in [6.45, 7) is 2.10. The van der Waals surface area contributed by atoms with Crippen molar-refractivity contribution in [2.45, 2.75) is 31.8 Å². The van der Waals surface area contributed by atoms with Crippen LogP contribution in [0.5, 0.6) is 0 Å². The second-order valence-corrected chi connectivity index (χ2v) is 5.25. The first kappa shape index (κ1) is 8.25. The minimum absolute atomic E-state index is 0.0107. The average Bonchev–Trinajstić information content (AvgIpc) is 2.59. The van der Waals surface area contributed by atoms with Gasteiger partial charge in [-0.05, 0) is 37.0 Å². The zero-order valence-corrected chi connectivity index (χ0v) is 8.08. The van der Waals surface area contributed by atoms with Gasteiger partial charge in [0.2, 0.25) is 0 Å². The van der Waals surface area contributed by atoms with E-state index in [2.05, 4.69) is 5.32 Å². The van der Waals surface area contributed by atoms with Gasteiger partial charge in [-0.25, -0.2) is 0 Å². The average molecular weight is 181 g/mol. The van der Waals surface area contributed by atoms with Crippen LogP contribution in [0.2, 0.25) is 0 Å². The lowest BCUT2D eigenvalue weighted by molar-refractivity contribution is 0.00543. The minimum Gasteiger partial charge on any atom is -0.392 e. The van der Waals surface area contributed by atoms with E-state index >= 15 is 0 Å². The van der Waals surface area contributed by atoms with Gasteiger partial charge < -0.3 is 10.4 Å². The molecule has 1 saturated heterocycles. The highest BCUT2D eigenvalue weighted by atomic mass is 16.3. The monoisotopic (exact) mass is 181 g/mol. The summed E-state index contributed by atoms with van der Waals surface area (Å²) in [6.07, 6.45) is 5.59. The number of hydrogen-bond donors (Lipinski definition) is 2. The Labute approximate surface area is 79.7 Å². The van der Waals surface area contributed by atoms with Gasteiger partial charge in [-0.3, -0.25) is 0 Å². The Balaban J connectivity index is 1.65. The lowest BCUT2D eigenvalue weighted by atomic mass is 9.78. The number of rotatable bonds is 2. The molecule has 0 spiro atoms. The molecule has 13 heavy (non-hydrogen) atoms. The fourth-order valence-electron chi connectivity index (χ4n) is 3.61. The van der Waals surface area contributed by atoms with Crippen molar-refractivity contribution >= 4 is 0 Å². The second kappa shape index (κ2) is 2.96. The lowest BCUT2D eigenvalue weighted by Crippen LogP contribution is -2.51. The molecule has 3 rings (SSSR count). The van der Waals surface area contributed by atoms with Crippen molar-refractivity contribution in [1.29, 1.82) is 0 Å². The molecular weight excluding hydrogens is 162 g/mol. The molecule has 2 nitrogen and oxygen atoms in total. The number of fused-ring (bicyclic) bond motifs is 2. The van der Waals surface area contributed by atoms with E-state index in [0.29, 0.717) is 11.8 Å². The van der Waals surface area contributed by atoms with Crippen LogP contribution < -0.4 is 5.32 Å². The van der Waals surface area contributed by atoms with E-state index in [1.54, 1.807) is 0 Å². The lowest BCUT2D eigenvalue weighted by Gasteiger charge is -2.37. The Morgan fingerprint density at radius 2 is 2.00 bits per heavy atom. The van der Waals surface area contributed by atoms with E-state index in [0.717, 1.165) is 24.9 Å². The Morgan fingerprint density at radius 3 is 2.46 bits per heavy atom. The third-order valence-corrected chi connectivity index (χ3v) is 4.53. The van der Waals surface area contributed by atoms with Crippen molar-refractivity contribution in [3.8, 4) is 0 Å². The van der Waals surface area contributed by atoms with Crippen molar-refractivity contribution in [3.05, 3.63) is 0 Å². The highest BCUT2D eigenvalue weighted by Crippen LogP contribution is 2.50. The van der Waals surface area contributed by atoms with Crippen LogP contribution in [0.15, 0.2) is 0 Å². The molecule has 2 bridgehead atoms. The Kier molecular flexibility index (Phi) is 1.88. The second-order valence-electron chi connectivity index (χ2n) is 5.25. The van der Waals surface area contributed by atoms with E-state index < -0.39 is 0 Å². The molecule has 2 N–H and O–H groups in total. The van der Waals surface area contributed by atoms with Crippen LogP contribution in [0.4, 0.5) is 0 Å². The summed E-state index contributed by atoms with van der Waals surface area (Å²) in [7, 11) is 0. The maximum absolute atomic E-state index is 10.2. The number of nitrogens with one attached hydrogen (secondary N) is 1. The molecule has 4 unspecified atom stereocenters. The van der Waals surface area contributed by atoms with Gasteiger partial charge >= 0.3 is 0 Å². The van der Waals surface area contributed by atoms with Crippen LogP contribution in [0, 0.1) is 23.7 Å². The van der Waals surface area contributed by atoms with E-state index in [1.165, 1.54) is 25.7 Å². The van der Waals surface area contributed by atoms with E-state index in [9.17, 15) is 5.11 Å². The van der Waals surface area contributed by atoms with Crippen LogP contribution in [-0.4, -0.2) is 24.3 Å². The van der Waals surface area contributed by atoms with Crippen molar-refractivity contribution in [3.63, 3.8) is 0 Å². The first-order valence-electron chi connectivity index (χ1n) is 5.73. The van der Waals surface area contributed by atoms with Crippen LogP contribution in [0.25, 0.3) is 0 Å². The Hall–Kier alpha value is -0.0800. The maximum atomic E-state index is 10.2. The molecular formula is C11H19NO. The van der Waals surface area contributed by atoms with E-state index in [4.69, 9.17) is 0 Å². The van der Waals surface area contributed by atoms with Gasteiger partial charge in [-0.2, -0.15) is 0 Å². The van der Waals surface area contributed by atoms with Crippen molar-refractivity contribution in [1.82, 2.24) is 5.32 Å². The first-order valence-corrected chi connectivity index (χ1v) is 5.73. The standard InChI is InChI=1S/C11H19NO/c13-11(9-5-12-6-9)10-4-7-1-2-8(10)3-7/h7-13H,1-6H2. The SMILES string of the molecule is OC(C1CNC1)C1CC2CCC1C2. The van der Waals surface area contributed by atoms with Gasteiger partial charge in [0.15, 0.2) is 0 Å². The first-order chi connectivity index (χ1) is 6.34. The largest absolute Gasteiger partial charge is 0.392 e. The quantitative estimate of drug-likeness (QED) is 0.666. The zero-order valence-electron chi connectivity index (χ0n) is 8.08. The highest BCUT2D eigenvalue weighted by Gasteiger charge is 2.45. The zero-order chi connectivity index (χ0) is 8.84. The van der Waals surface area contributed by atoms with E-state index in [-0.39, 0.29) is 6.10 Å². The number of hydrogen-bond acceptors (Lipinski definition) is 2. The summed E-state index contributed by atoms with van der Waals surface area (Å²) < 4.78 is 0. The molecule has 3 fully saturated rings. The van der Waals surface area contributed by atoms with Crippen LogP contribution >= 0.6 is 0 Å². The highest BCUT2D eigenvalue weighted by molar-refractivity contribution is 4.96. The summed E-state index contributed by atoms with van der Waals surface area (Å²) in [5.74, 6) is 3.08. The van der Waals surface area contributed by atoms with E-state index in [1.807, 2.05) is 0 Å². The normalized spacial score (nSPS) is 46.4. The van der Waals surface area contributed by atoms with Gasteiger partial charge in [0.25, 0.3) is 0 Å². The number of aliphatic hydroxyl groups excluding tert-OH is 1. The Bertz CT molecular complexity index is 202. The summed E-state index contributed by atoms with van der Waals surface area (Å²) >= 11 is 0. The van der Waals surface area contributed by atoms with Crippen molar-refractivity contribution < 1.29 is 5.11 Å². The molecule has 0 radical (unpaired) electrons. The van der Waals surface area contributed by atoms with Crippen molar-refractivity contribution in [2.75, 3.05) is 13.1 Å². The van der Waals surface area contributed by atoms with Crippen LogP contribution in [-0.2, 0) is 0 Å². The van der Waals surface area contributed by atoms with Crippen LogP contribution in [0.1, 0.15) is 25.7 Å². The Morgan fingerprint density at radius 1 is 1.15 bits per heavy atom. The number of aliphatic hydroxyl groups is 1. The molecule has 0 aromatic heterocycles. The molecule has 0 aromatic carbocycles. The summed E-state index contributed by atoms with van der Waals surface area (Å²) in [6, 6.07) is 0. The predicted octanol–water partition coefficient (Wildman–Crippen LogP) is 1.00. The molecule has 74 valence electrons. The molecule has 1 heterocycles. The molecule has 2 heteroatoms. The summed E-state index contributed by atoms with van der Waals surface area (Å²) in [5, 5.41) is 13.4. The van der Waals surface area contributed by atoms with Gasteiger partial charge in [0.05, 0.1) is 6.10 Å². The van der Waals surface area contributed by atoms with Gasteiger partial charge in [0.1, 0.15) is 0 Å². The molecule has 2 aliphatic carbocycles. The van der Waals surface area contributed by atoms with Gasteiger partial charge in [0, 0.05) is 19.0 Å². The van der Waals surface area contributed by atoms with Gasteiger partial charge in [-0.1, -0.05) is 6.42 Å². The topological polar surface area (TPSA) is 32.3 Å². The fourth-order valence-corrected chi connectivity index (χ4v) is 3.61. The summed E-state index contributed by atoms with van der Waals surface area (Å²) in [4.78, 5) is 0. The van der Waals surface area contributed by atoms with Crippen molar-refractivity contribution in [2.24, 2.45) is 23.7 Å². The third-order valence-electron chi connectivity index (χ3n) is 4.53. The third kappa shape index (κ3) is 1.23. The molecule has 0 aromatic rings. The minimum atomic E-state index is 0.0107. The molecule has 1 aliphatic heterocycles. The van der Waals surface area contributed by atoms with Gasteiger partial charge in [-0.15, -0.1) is 0 Å². The molecule has 3 aliphatic rings. The summed E-state index contributed by atoms with van der Waals surface area (Å²) in [5.41, 5.74) is 0. The molecule has 0 amide bonds. The van der Waals surface area contributed by atoms with Crippen LogP contribution in [0.3, 0.4) is 0 Å².